The van der Waals surface area contributed by atoms with E-state index in [-0.39, 0.29) is 11.8 Å². The third-order valence-corrected chi connectivity index (χ3v) is 5.23. The molecule has 1 aliphatic rings. The van der Waals surface area contributed by atoms with E-state index in [1.54, 1.807) is 11.3 Å². The third kappa shape index (κ3) is 3.71. The van der Waals surface area contributed by atoms with Gasteiger partial charge in [-0.2, -0.15) is 0 Å². The smallest absolute Gasteiger partial charge is 0.223 e. The second-order valence-electron chi connectivity index (χ2n) is 5.43. The summed E-state index contributed by atoms with van der Waals surface area (Å²) in [4.78, 5) is 16.5. The number of hydrogen-bond donors (Lipinski definition) is 1. The van der Waals surface area contributed by atoms with Crippen molar-refractivity contribution in [3.05, 3.63) is 50.4 Å². The van der Waals surface area contributed by atoms with Gasteiger partial charge in [0.15, 0.2) is 0 Å². The Hall–Kier alpha value is -1.20. The number of aromatic nitrogens is 1. The molecule has 2 atom stereocenters. The van der Waals surface area contributed by atoms with Crippen LogP contribution in [0.4, 0.5) is 0 Å². The molecule has 1 saturated carbocycles. The van der Waals surface area contributed by atoms with Crippen molar-refractivity contribution in [1.82, 2.24) is 10.3 Å². The highest BCUT2D eigenvalue weighted by molar-refractivity contribution is 9.10. The highest BCUT2D eigenvalue weighted by Gasteiger charge is 2.43. The average molecular weight is 365 g/mol. The standard InChI is InChI=1S/C16H17BrN2OS/c1-10-9-21-15(19-10)5-6-18-16(20)14-8-13(14)11-3-2-4-12(17)7-11/h2-4,7,9,13-14H,5-6,8H2,1H3,(H,18,20)/t13-,14-/m0/s1. The molecule has 1 N–H and O–H groups in total. The third-order valence-electron chi connectivity index (χ3n) is 3.71. The fraction of sp³-hybridized carbons (Fsp3) is 0.375. The number of thiazole rings is 1. The summed E-state index contributed by atoms with van der Waals surface area (Å²) in [6.45, 7) is 2.67. The van der Waals surface area contributed by atoms with Crippen molar-refractivity contribution in [1.29, 1.82) is 0 Å². The summed E-state index contributed by atoms with van der Waals surface area (Å²) < 4.78 is 1.07. The van der Waals surface area contributed by atoms with Crippen LogP contribution in [-0.4, -0.2) is 17.4 Å². The summed E-state index contributed by atoms with van der Waals surface area (Å²) in [6, 6.07) is 8.24. The van der Waals surface area contributed by atoms with Crippen molar-refractivity contribution in [2.45, 2.75) is 25.7 Å². The molecule has 1 heterocycles. The largest absolute Gasteiger partial charge is 0.355 e. The molecular weight excluding hydrogens is 348 g/mol. The van der Waals surface area contributed by atoms with Crippen LogP contribution in [0, 0.1) is 12.8 Å². The molecule has 1 aromatic heterocycles. The van der Waals surface area contributed by atoms with Crippen molar-refractivity contribution in [2.24, 2.45) is 5.92 Å². The first-order chi connectivity index (χ1) is 10.1. The van der Waals surface area contributed by atoms with E-state index in [9.17, 15) is 4.79 Å². The van der Waals surface area contributed by atoms with Gasteiger partial charge in [-0.1, -0.05) is 28.1 Å². The van der Waals surface area contributed by atoms with Crippen molar-refractivity contribution in [2.75, 3.05) is 6.54 Å². The fourth-order valence-corrected chi connectivity index (χ4v) is 3.72. The minimum absolute atomic E-state index is 0.136. The molecule has 2 aromatic rings. The summed E-state index contributed by atoms with van der Waals surface area (Å²) in [6.07, 6.45) is 1.77. The molecule has 1 amide bonds. The van der Waals surface area contributed by atoms with E-state index in [0.29, 0.717) is 12.5 Å². The number of carbonyl (C=O) groups is 1. The van der Waals surface area contributed by atoms with Crippen molar-refractivity contribution < 1.29 is 4.79 Å². The van der Waals surface area contributed by atoms with Crippen LogP contribution in [0.1, 0.15) is 28.6 Å². The number of rotatable bonds is 5. The zero-order valence-electron chi connectivity index (χ0n) is 11.8. The molecule has 21 heavy (non-hydrogen) atoms. The van der Waals surface area contributed by atoms with Gasteiger partial charge in [0.2, 0.25) is 5.91 Å². The molecule has 0 saturated heterocycles. The van der Waals surface area contributed by atoms with Crippen LogP contribution in [0.5, 0.6) is 0 Å². The summed E-state index contributed by atoms with van der Waals surface area (Å²) in [5.74, 6) is 0.690. The van der Waals surface area contributed by atoms with Gasteiger partial charge in [-0.05, 0) is 37.0 Å². The molecule has 3 rings (SSSR count). The van der Waals surface area contributed by atoms with Crippen LogP contribution in [-0.2, 0) is 11.2 Å². The first kappa shape index (κ1) is 14.7. The lowest BCUT2D eigenvalue weighted by molar-refractivity contribution is -0.122. The second kappa shape index (κ2) is 6.28. The maximum absolute atomic E-state index is 12.1. The Morgan fingerprint density at radius 2 is 2.38 bits per heavy atom. The number of carbonyl (C=O) groups excluding carboxylic acids is 1. The first-order valence-corrected chi connectivity index (χ1v) is 8.75. The quantitative estimate of drug-likeness (QED) is 0.878. The van der Waals surface area contributed by atoms with E-state index in [0.717, 1.165) is 28.0 Å². The van der Waals surface area contributed by atoms with Gasteiger partial charge in [0.25, 0.3) is 0 Å². The predicted molar refractivity (Wildman–Crippen MR) is 88.6 cm³/mol. The van der Waals surface area contributed by atoms with E-state index in [1.165, 1.54) is 5.56 Å². The Bertz CT molecular complexity index is 655. The molecule has 110 valence electrons. The van der Waals surface area contributed by atoms with Gasteiger partial charge >= 0.3 is 0 Å². The summed E-state index contributed by atoms with van der Waals surface area (Å²) >= 11 is 5.14. The summed E-state index contributed by atoms with van der Waals surface area (Å²) in [5.41, 5.74) is 2.30. The lowest BCUT2D eigenvalue weighted by atomic mass is 10.1. The maximum atomic E-state index is 12.1. The maximum Gasteiger partial charge on any atom is 0.223 e. The zero-order chi connectivity index (χ0) is 14.8. The number of halogens is 1. The van der Waals surface area contributed by atoms with E-state index in [2.05, 4.69) is 38.4 Å². The Morgan fingerprint density at radius 3 is 3.10 bits per heavy atom. The highest BCUT2D eigenvalue weighted by atomic mass is 79.9. The van der Waals surface area contributed by atoms with Gasteiger partial charge in [0.05, 0.1) is 5.01 Å². The molecule has 0 aliphatic heterocycles. The molecule has 1 aromatic carbocycles. The lowest BCUT2D eigenvalue weighted by Gasteiger charge is -2.04. The molecular formula is C16H17BrN2OS. The van der Waals surface area contributed by atoms with E-state index in [1.807, 2.05) is 24.4 Å². The van der Waals surface area contributed by atoms with Gasteiger partial charge in [-0.15, -0.1) is 11.3 Å². The fourth-order valence-electron chi connectivity index (χ4n) is 2.53. The van der Waals surface area contributed by atoms with Crippen molar-refractivity contribution >= 4 is 33.2 Å². The van der Waals surface area contributed by atoms with Crippen LogP contribution in [0.2, 0.25) is 0 Å². The molecule has 0 radical (unpaired) electrons. The Labute approximate surface area is 136 Å². The Balaban J connectivity index is 1.47. The minimum Gasteiger partial charge on any atom is -0.355 e. The number of aryl methyl sites for hydroxylation is 1. The minimum atomic E-state index is 0.136. The normalized spacial score (nSPS) is 20.3. The van der Waals surface area contributed by atoms with Crippen LogP contribution < -0.4 is 5.32 Å². The topological polar surface area (TPSA) is 42.0 Å². The van der Waals surface area contributed by atoms with Crippen LogP contribution in [0.15, 0.2) is 34.1 Å². The average Bonchev–Trinajstić information content (AvgIpc) is 3.16. The lowest BCUT2D eigenvalue weighted by Crippen LogP contribution is -2.27. The molecule has 5 heteroatoms. The molecule has 0 bridgehead atoms. The summed E-state index contributed by atoms with van der Waals surface area (Å²) in [5, 5.41) is 6.17. The second-order valence-corrected chi connectivity index (χ2v) is 7.29. The number of nitrogens with one attached hydrogen (secondary N) is 1. The van der Waals surface area contributed by atoms with Gasteiger partial charge < -0.3 is 5.32 Å². The monoisotopic (exact) mass is 364 g/mol. The molecule has 3 nitrogen and oxygen atoms in total. The van der Waals surface area contributed by atoms with Crippen LogP contribution in [0.3, 0.4) is 0 Å². The van der Waals surface area contributed by atoms with E-state index in [4.69, 9.17) is 0 Å². The van der Waals surface area contributed by atoms with Gasteiger partial charge in [-0.25, -0.2) is 4.98 Å². The number of nitrogens with zero attached hydrogens (tertiary/aromatic N) is 1. The first-order valence-electron chi connectivity index (χ1n) is 7.07. The number of amides is 1. The molecule has 0 unspecified atom stereocenters. The Morgan fingerprint density at radius 1 is 1.52 bits per heavy atom. The van der Waals surface area contributed by atoms with Crippen molar-refractivity contribution in [3.8, 4) is 0 Å². The molecule has 1 aliphatic carbocycles. The Kier molecular flexibility index (Phi) is 4.40. The number of hydrogen-bond acceptors (Lipinski definition) is 3. The summed E-state index contributed by atoms with van der Waals surface area (Å²) in [7, 11) is 0. The van der Waals surface area contributed by atoms with E-state index >= 15 is 0 Å². The van der Waals surface area contributed by atoms with Gasteiger partial charge in [0, 0.05) is 34.4 Å². The zero-order valence-corrected chi connectivity index (χ0v) is 14.2. The number of benzene rings is 1. The van der Waals surface area contributed by atoms with Crippen molar-refractivity contribution in [3.63, 3.8) is 0 Å². The molecule has 0 spiro atoms. The van der Waals surface area contributed by atoms with Crippen LogP contribution in [0.25, 0.3) is 0 Å². The van der Waals surface area contributed by atoms with Gasteiger partial charge in [-0.3, -0.25) is 4.79 Å². The SMILES string of the molecule is Cc1csc(CCNC(=O)[C@H]2C[C@H]2c2cccc(Br)c2)n1. The predicted octanol–water partition coefficient (Wildman–Crippen LogP) is 3.68. The van der Waals surface area contributed by atoms with Crippen LogP contribution >= 0.6 is 27.3 Å². The van der Waals surface area contributed by atoms with E-state index < -0.39 is 0 Å². The molecule has 1 fully saturated rings. The highest BCUT2D eigenvalue weighted by Crippen LogP contribution is 2.47. The van der Waals surface area contributed by atoms with Gasteiger partial charge in [0.1, 0.15) is 0 Å².